The highest BCUT2D eigenvalue weighted by molar-refractivity contribution is 6.31. The number of hydrogen-bond donors (Lipinski definition) is 1. The monoisotopic (exact) mass is 313 g/mol. The smallest absolute Gasteiger partial charge is 0.141 e. The Bertz CT molecular complexity index is 588. The van der Waals surface area contributed by atoms with Crippen molar-refractivity contribution in [2.45, 2.75) is 20.4 Å². The zero-order valence-corrected chi connectivity index (χ0v) is 13.3. The molecule has 2 aromatic rings. The predicted octanol–water partition coefficient (Wildman–Crippen LogP) is 4.90. The minimum atomic E-state index is -0.384. The van der Waals surface area contributed by atoms with E-state index in [9.17, 15) is 4.39 Å². The third-order valence-electron chi connectivity index (χ3n) is 3.30. The summed E-state index contributed by atoms with van der Waals surface area (Å²) in [6.45, 7) is 5.03. The van der Waals surface area contributed by atoms with Crippen LogP contribution in [0.3, 0.4) is 0 Å². The highest BCUT2D eigenvalue weighted by Gasteiger charge is 2.08. The van der Waals surface area contributed by atoms with Gasteiger partial charge in [0.1, 0.15) is 5.82 Å². The van der Waals surface area contributed by atoms with E-state index in [-0.39, 0.29) is 23.2 Å². The minimum Gasteiger partial charge on any atom is -0.316 e. The van der Waals surface area contributed by atoms with E-state index in [2.05, 4.69) is 31.3 Å². The van der Waals surface area contributed by atoms with E-state index in [1.165, 1.54) is 22.8 Å². The van der Waals surface area contributed by atoms with Crippen LogP contribution in [0.25, 0.3) is 11.1 Å². The van der Waals surface area contributed by atoms with Crippen LogP contribution in [-0.2, 0) is 6.54 Å². The highest BCUT2D eigenvalue weighted by atomic mass is 35.5. The van der Waals surface area contributed by atoms with Crippen molar-refractivity contribution in [2.24, 2.45) is 0 Å². The molecular weight excluding hydrogens is 296 g/mol. The van der Waals surface area contributed by atoms with Crippen molar-refractivity contribution in [3.8, 4) is 11.1 Å². The average Bonchev–Trinajstić information content (AvgIpc) is 2.37. The standard InChI is InChI=1S/C16H17ClFN.ClH/c1-10-6-13(7-11(2)14(10)9-19-3)12-4-5-16(18)15(17)8-12;/h4-8,19H,9H2,1-3H3;1H. The largest absolute Gasteiger partial charge is 0.316 e. The van der Waals surface area contributed by atoms with Crippen LogP contribution in [0.5, 0.6) is 0 Å². The van der Waals surface area contributed by atoms with Gasteiger partial charge in [-0.1, -0.05) is 29.8 Å². The van der Waals surface area contributed by atoms with Crippen LogP contribution in [0.15, 0.2) is 30.3 Å². The molecule has 0 bridgehead atoms. The van der Waals surface area contributed by atoms with Gasteiger partial charge in [0.25, 0.3) is 0 Å². The Hall–Kier alpha value is -1.09. The Morgan fingerprint density at radius 3 is 2.15 bits per heavy atom. The molecule has 0 radical (unpaired) electrons. The van der Waals surface area contributed by atoms with Crippen LogP contribution >= 0.6 is 24.0 Å². The Balaban J connectivity index is 0.00000200. The molecule has 4 heteroatoms. The normalized spacial score (nSPS) is 10.2. The van der Waals surface area contributed by atoms with Crippen molar-refractivity contribution in [1.29, 1.82) is 0 Å². The van der Waals surface area contributed by atoms with E-state index in [1.807, 2.05) is 7.05 Å². The molecular formula is C16H18Cl2FN. The first-order chi connectivity index (χ1) is 9.02. The summed E-state index contributed by atoms with van der Waals surface area (Å²) >= 11 is 5.84. The summed E-state index contributed by atoms with van der Waals surface area (Å²) in [4.78, 5) is 0. The van der Waals surface area contributed by atoms with Crippen LogP contribution in [-0.4, -0.2) is 7.05 Å². The fourth-order valence-electron chi connectivity index (χ4n) is 2.29. The predicted molar refractivity (Wildman–Crippen MR) is 86.3 cm³/mol. The van der Waals surface area contributed by atoms with E-state index in [4.69, 9.17) is 11.6 Å². The van der Waals surface area contributed by atoms with Crippen molar-refractivity contribution < 1.29 is 4.39 Å². The molecule has 0 spiro atoms. The second-order valence-corrected chi connectivity index (χ2v) is 5.16. The molecule has 1 N–H and O–H groups in total. The van der Waals surface area contributed by atoms with Crippen molar-refractivity contribution in [3.05, 3.63) is 57.9 Å². The highest BCUT2D eigenvalue weighted by Crippen LogP contribution is 2.28. The zero-order chi connectivity index (χ0) is 14.0. The molecule has 108 valence electrons. The van der Waals surface area contributed by atoms with Gasteiger partial charge in [-0.15, -0.1) is 12.4 Å². The lowest BCUT2D eigenvalue weighted by Gasteiger charge is -2.13. The summed E-state index contributed by atoms with van der Waals surface area (Å²) in [6, 6.07) is 9.06. The lowest BCUT2D eigenvalue weighted by atomic mass is 9.95. The van der Waals surface area contributed by atoms with Crippen LogP contribution in [0.4, 0.5) is 4.39 Å². The number of benzene rings is 2. The van der Waals surface area contributed by atoms with Crippen LogP contribution in [0.1, 0.15) is 16.7 Å². The number of rotatable bonds is 3. The summed E-state index contributed by atoms with van der Waals surface area (Å²) in [5, 5.41) is 3.33. The topological polar surface area (TPSA) is 12.0 Å². The van der Waals surface area contributed by atoms with Crippen molar-refractivity contribution in [2.75, 3.05) is 7.05 Å². The van der Waals surface area contributed by atoms with Crippen LogP contribution < -0.4 is 5.32 Å². The molecule has 0 atom stereocenters. The van der Waals surface area contributed by atoms with Crippen LogP contribution in [0.2, 0.25) is 5.02 Å². The summed E-state index contributed by atoms with van der Waals surface area (Å²) in [5.41, 5.74) is 5.76. The van der Waals surface area contributed by atoms with Gasteiger partial charge in [0.15, 0.2) is 0 Å². The first kappa shape index (κ1) is 17.0. The van der Waals surface area contributed by atoms with Crippen molar-refractivity contribution in [3.63, 3.8) is 0 Å². The van der Waals surface area contributed by atoms with E-state index in [0.717, 1.165) is 17.7 Å². The van der Waals surface area contributed by atoms with Gasteiger partial charge in [-0.2, -0.15) is 0 Å². The second kappa shape index (κ2) is 7.07. The molecule has 0 aromatic heterocycles. The molecule has 0 saturated heterocycles. The second-order valence-electron chi connectivity index (χ2n) is 4.75. The lowest BCUT2D eigenvalue weighted by Crippen LogP contribution is -2.08. The summed E-state index contributed by atoms with van der Waals surface area (Å²) in [6.07, 6.45) is 0. The molecule has 0 unspecified atom stereocenters. The lowest BCUT2D eigenvalue weighted by molar-refractivity contribution is 0.628. The molecule has 0 aliphatic carbocycles. The van der Waals surface area contributed by atoms with Gasteiger partial charge in [-0.05, 0) is 60.8 Å². The van der Waals surface area contributed by atoms with E-state index in [1.54, 1.807) is 12.1 Å². The minimum absolute atomic E-state index is 0. The van der Waals surface area contributed by atoms with Gasteiger partial charge in [-0.3, -0.25) is 0 Å². The fraction of sp³-hybridized carbons (Fsp3) is 0.250. The summed E-state index contributed by atoms with van der Waals surface area (Å²) in [7, 11) is 1.94. The summed E-state index contributed by atoms with van der Waals surface area (Å²) < 4.78 is 13.2. The number of aryl methyl sites for hydroxylation is 2. The van der Waals surface area contributed by atoms with E-state index >= 15 is 0 Å². The Kier molecular flexibility index (Phi) is 6.00. The Labute approximate surface area is 130 Å². The average molecular weight is 314 g/mol. The van der Waals surface area contributed by atoms with Gasteiger partial charge in [0, 0.05) is 6.54 Å². The van der Waals surface area contributed by atoms with Gasteiger partial charge in [0.05, 0.1) is 5.02 Å². The maximum atomic E-state index is 13.2. The third-order valence-corrected chi connectivity index (χ3v) is 3.59. The van der Waals surface area contributed by atoms with Gasteiger partial charge in [-0.25, -0.2) is 4.39 Å². The quantitative estimate of drug-likeness (QED) is 0.849. The zero-order valence-electron chi connectivity index (χ0n) is 11.8. The molecule has 2 rings (SSSR count). The van der Waals surface area contributed by atoms with Crippen molar-refractivity contribution in [1.82, 2.24) is 5.32 Å². The maximum absolute atomic E-state index is 13.2. The number of hydrogen-bond acceptors (Lipinski definition) is 1. The first-order valence-corrected chi connectivity index (χ1v) is 6.61. The molecule has 20 heavy (non-hydrogen) atoms. The number of nitrogens with one attached hydrogen (secondary N) is 1. The molecule has 0 aliphatic heterocycles. The first-order valence-electron chi connectivity index (χ1n) is 6.23. The van der Waals surface area contributed by atoms with Gasteiger partial charge < -0.3 is 5.32 Å². The molecule has 0 aliphatic rings. The fourth-order valence-corrected chi connectivity index (χ4v) is 2.47. The van der Waals surface area contributed by atoms with Crippen LogP contribution in [0, 0.1) is 19.7 Å². The molecule has 0 heterocycles. The molecule has 0 amide bonds. The Morgan fingerprint density at radius 2 is 1.65 bits per heavy atom. The van der Waals surface area contributed by atoms with E-state index in [0.29, 0.717) is 0 Å². The summed E-state index contributed by atoms with van der Waals surface area (Å²) in [5.74, 6) is -0.384. The molecule has 0 saturated carbocycles. The van der Waals surface area contributed by atoms with Gasteiger partial charge in [0.2, 0.25) is 0 Å². The van der Waals surface area contributed by atoms with E-state index < -0.39 is 0 Å². The maximum Gasteiger partial charge on any atom is 0.141 e. The third kappa shape index (κ3) is 3.51. The Morgan fingerprint density at radius 1 is 1.05 bits per heavy atom. The SMILES string of the molecule is CNCc1c(C)cc(-c2ccc(F)c(Cl)c2)cc1C.Cl. The van der Waals surface area contributed by atoms with Gasteiger partial charge >= 0.3 is 0 Å². The van der Waals surface area contributed by atoms with Crippen molar-refractivity contribution >= 4 is 24.0 Å². The molecule has 2 aromatic carbocycles. The molecule has 1 nitrogen and oxygen atoms in total. The molecule has 0 fully saturated rings. The number of halogens is 3.